The lowest BCUT2D eigenvalue weighted by Crippen LogP contribution is -2.30. The lowest BCUT2D eigenvalue weighted by Gasteiger charge is -1.95. The van der Waals surface area contributed by atoms with Crippen LogP contribution in [0.1, 0.15) is 2.74 Å². The molecule has 52 valence electrons. The zero-order valence-corrected chi connectivity index (χ0v) is 4.94. The molecule has 0 unspecified atom stereocenters. The second-order valence-corrected chi connectivity index (χ2v) is 1.59. The quantitative estimate of drug-likeness (QED) is 0.384. The normalized spacial score (nSPS) is 12.2. The first-order valence-corrected chi connectivity index (χ1v) is 2.49. The van der Waals surface area contributed by atoms with Crippen molar-refractivity contribution in [3.8, 4) is 0 Å². The maximum Gasteiger partial charge on any atom is 0.491 e. The zero-order chi connectivity index (χ0) is 9.30. The van der Waals surface area contributed by atoms with E-state index in [0.29, 0.717) is 0 Å². The van der Waals surface area contributed by atoms with Gasteiger partial charge in [-0.15, -0.1) is 0 Å². The largest absolute Gasteiger partial charge is 0.491 e. The van der Waals surface area contributed by atoms with E-state index in [0.717, 1.165) is 0 Å². The molecule has 0 saturated carbocycles. The minimum Gasteiger partial charge on any atom is -0.423 e. The second-order valence-electron chi connectivity index (χ2n) is 1.59. The van der Waals surface area contributed by atoms with Gasteiger partial charge in [-0.1, -0.05) is 0 Å². The van der Waals surface area contributed by atoms with E-state index < -0.39 is 19.5 Å². The van der Waals surface area contributed by atoms with Gasteiger partial charge in [0.1, 0.15) is 0 Å². The van der Waals surface area contributed by atoms with Crippen molar-refractivity contribution in [1.29, 1.82) is 0 Å². The average Bonchev–Trinajstić information content (AvgIpc) is 1.82. The van der Waals surface area contributed by atoms with Crippen LogP contribution >= 0.6 is 0 Å². The Bertz CT molecular complexity index is 285. The van der Waals surface area contributed by atoms with E-state index in [2.05, 4.69) is 9.97 Å². The van der Waals surface area contributed by atoms with Crippen LogP contribution in [0.3, 0.4) is 0 Å². The Morgan fingerprint density at radius 1 is 1.50 bits per heavy atom. The molecule has 0 atom stereocenters. The molecule has 4 N–H and O–H groups in total. The number of nitrogen functional groups attached to an aromatic ring is 1. The van der Waals surface area contributed by atoms with Crippen molar-refractivity contribution in [3.05, 3.63) is 12.3 Å². The van der Waals surface area contributed by atoms with Gasteiger partial charge in [-0.05, 0) is 0 Å². The van der Waals surface area contributed by atoms with Gasteiger partial charge in [-0.3, -0.25) is 0 Å². The number of nitrogens with zero attached hydrogens (tertiary/aromatic N) is 2. The van der Waals surface area contributed by atoms with Gasteiger partial charge in [0, 0.05) is 17.8 Å². The molecule has 0 spiro atoms. The molecule has 0 aliphatic heterocycles. The van der Waals surface area contributed by atoms with E-state index in [4.69, 9.17) is 18.5 Å². The predicted octanol–water partition coefficient (Wildman–Crippen LogP) is -2.26. The standard InChI is InChI=1S/C4H6BN3O2/c6-4-7-1-3(2-8-4)5(9)10/h1-2,9-10H,(H2,6,7,8)/i1D,2D. The van der Waals surface area contributed by atoms with Crippen molar-refractivity contribution in [1.82, 2.24) is 9.97 Å². The Hall–Kier alpha value is -1.14. The molecule has 0 bridgehead atoms. The number of aromatic nitrogens is 2. The van der Waals surface area contributed by atoms with Gasteiger partial charge in [0.15, 0.2) is 0 Å². The van der Waals surface area contributed by atoms with Crippen molar-refractivity contribution >= 4 is 18.5 Å². The van der Waals surface area contributed by atoms with Crippen molar-refractivity contribution in [2.75, 3.05) is 5.73 Å². The van der Waals surface area contributed by atoms with Crippen LogP contribution in [0.2, 0.25) is 0 Å². The van der Waals surface area contributed by atoms with Crippen LogP contribution in [0.15, 0.2) is 12.3 Å². The molecule has 0 radical (unpaired) electrons. The first kappa shape index (κ1) is 4.65. The summed E-state index contributed by atoms with van der Waals surface area (Å²) in [7, 11) is -1.91. The summed E-state index contributed by atoms with van der Waals surface area (Å²) in [5.41, 5.74) is 4.76. The monoisotopic (exact) mass is 141 g/mol. The van der Waals surface area contributed by atoms with Crippen molar-refractivity contribution in [2.45, 2.75) is 0 Å². The fraction of sp³-hybridized carbons (Fsp3) is 0. The topological polar surface area (TPSA) is 92.3 Å². The van der Waals surface area contributed by atoms with Gasteiger partial charge < -0.3 is 15.8 Å². The molecule has 0 aliphatic rings. The lowest BCUT2D eigenvalue weighted by atomic mass is 9.83. The second kappa shape index (κ2) is 2.63. The van der Waals surface area contributed by atoms with E-state index in [9.17, 15) is 0 Å². The summed E-state index contributed by atoms with van der Waals surface area (Å²) in [6.45, 7) is 0. The summed E-state index contributed by atoms with van der Waals surface area (Å²) in [5, 5.41) is 17.3. The van der Waals surface area contributed by atoms with E-state index >= 15 is 0 Å². The van der Waals surface area contributed by atoms with Crippen LogP contribution < -0.4 is 11.2 Å². The van der Waals surface area contributed by atoms with Gasteiger partial charge in [0.25, 0.3) is 0 Å². The van der Waals surface area contributed by atoms with Crippen LogP contribution in [0.25, 0.3) is 0 Å². The van der Waals surface area contributed by atoms with Crippen LogP contribution in [0, 0.1) is 0 Å². The first-order valence-electron chi connectivity index (χ1n) is 3.49. The fourth-order valence-corrected chi connectivity index (χ4v) is 0.400. The summed E-state index contributed by atoms with van der Waals surface area (Å²) in [4.78, 5) is 6.70. The summed E-state index contributed by atoms with van der Waals surface area (Å²) in [6, 6.07) is 0. The number of rotatable bonds is 1. The maximum absolute atomic E-state index is 8.67. The molecule has 1 aromatic rings. The summed E-state index contributed by atoms with van der Waals surface area (Å²) in [5.74, 6) is -0.227. The SMILES string of the molecule is [2H]c1nc(N)nc([2H])c1B(O)O. The molecule has 0 fully saturated rings. The molecule has 0 aromatic carbocycles. The van der Waals surface area contributed by atoms with E-state index in [1.165, 1.54) is 0 Å². The highest BCUT2D eigenvalue weighted by atomic mass is 16.4. The molecule has 10 heavy (non-hydrogen) atoms. The lowest BCUT2D eigenvalue weighted by molar-refractivity contribution is 0.425. The van der Waals surface area contributed by atoms with E-state index in [1.807, 2.05) is 0 Å². The van der Waals surface area contributed by atoms with Crippen LogP contribution in [0.5, 0.6) is 0 Å². The number of anilines is 1. The average molecular weight is 141 g/mol. The van der Waals surface area contributed by atoms with Crippen LogP contribution in [0.4, 0.5) is 5.95 Å². The highest BCUT2D eigenvalue weighted by Gasteiger charge is 2.10. The fourth-order valence-electron chi connectivity index (χ4n) is 0.400. The predicted molar refractivity (Wildman–Crippen MR) is 36.3 cm³/mol. The van der Waals surface area contributed by atoms with Crippen LogP contribution in [-0.2, 0) is 0 Å². The number of nitrogens with two attached hydrogens (primary N) is 1. The molecule has 6 heteroatoms. The van der Waals surface area contributed by atoms with Gasteiger partial charge in [0.2, 0.25) is 5.95 Å². The highest BCUT2D eigenvalue weighted by Crippen LogP contribution is 1.83. The molecular weight excluding hydrogens is 133 g/mol. The van der Waals surface area contributed by atoms with Crippen molar-refractivity contribution < 1.29 is 12.8 Å². The minimum absolute atomic E-state index is 0.227. The van der Waals surface area contributed by atoms with Gasteiger partial charge in [-0.2, -0.15) is 0 Å². The Kier molecular flexibility index (Phi) is 1.22. The van der Waals surface area contributed by atoms with Crippen molar-refractivity contribution in [2.24, 2.45) is 0 Å². The highest BCUT2D eigenvalue weighted by molar-refractivity contribution is 6.58. The molecule has 0 saturated heterocycles. The third-order valence-corrected chi connectivity index (χ3v) is 0.840. The smallest absolute Gasteiger partial charge is 0.423 e. The Balaban J connectivity index is 3.28. The maximum atomic E-state index is 8.67. The van der Waals surface area contributed by atoms with Crippen LogP contribution in [-0.4, -0.2) is 27.1 Å². The molecule has 0 amide bonds. The number of hydrogen-bond acceptors (Lipinski definition) is 5. The van der Waals surface area contributed by atoms with E-state index in [1.54, 1.807) is 0 Å². The third kappa shape index (κ3) is 1.43. The summed E-state index contributed by atoms with van der Waals surface area (Å²) >= 11 is 0. The summed E-state index contributed by atoms with van der Waals surface area (Å²) in [6.07, 6.45) is -0.884. The van der Waals surface area contributed by atoms with E-state index in [-0.39, 0.29) is 11.4 Å². The summed E-state index contributed by atoms with van der Waals surface area (Å²) < 4.78 is 14.2. The molecule has 5 nitrogen and oxygen atoms in total. The molecule has 1 heterocycles. The Labute approximate surface area is 60.5 Å². The minimum atomic E-state index is -1.91. The van der Waals surface area contributed by atoms with Gasteiger partial charge >= 0.3 is 7.12 Å². The molecule has 1 aromatic heterocycles. The molecular formula is C4H6BN3O2. The van der Waals surface area contributed by atoms with Gasteiger partial charge in [0.05, 0.1) is 2.74 Å². The Morgan fingerprint density at radius 3 is 2.40 bits per heavy atom. The Morgan fingerprint density at radius 2 is 2.00 bits per heavy atom. The third-order valence-electron chi connectivity index (χ3n) is 0.840. The zero-order valence-electron chi connectivity index (χ0n) is 6.94. The van der Waals surface area contributed by atoms with Crippen molar-refractivity contribution in [3.63, 3.8) is 0 Å². The first-order chi connectivity index (χ1) is 5.52. The van der Waals surface area contributed by atoms with Gasteiger partial charge in [-0.25, -0.2) is 9.97 Å². The number of hydrogen-bond donors (Lipinski definition) is 3. The molecule has 0 aliphatic carbocycles. The molecule has 1 rings (SSSR count).